The summed E-state index contributed by atoms with van der Waals surface area (Å²) in [5.74, 6) is -7.55. The maximum absolute atomic E-state index is 15.2. The molecule has 10 heteroatoms. The highest BCUT2D eigenvalue weighted by atomic mass is 32.2. The zero-order valence-corrected chi connectivity index (χ0v) is 25.4. The van der Waals surface area contributed by atoms with E-state index in [0.717, 1.165) is 21.6 Å². The molecule has 1 aromatic rings. The molecule has 6 atom stereocenters. The average Bonchev–Trinajstić information content (AvgIpc) is 3.20. The standard InChI is InChI=1S/C32H41F5O4S/c1-26(2)17-40-29(41-18-26)13-10-24-25-21(9-12-28(24,38)16-29)23-11-14-30(39,31(33,34)32(35,36)37)27(23,3)15-22(25)19-5-7-20(42-4)8-6-19/h5-8,21-23,38-39H,9-18H2,1-4H3/t21?,22-,23?,27?,28-,30?/m1/s1. The molecule has 0 aromatic heterocycles. The van der Waals surface area contributed by atoms with E-state index in [4.69, 9.17) is 9.47 Å². The number of aliphatic hydroxyl groups is 2. The molecular formula is C32H41F5O4S. The highest BCUT2D eigenvalue weighted by Crippen LogP contribution is 2.71. The van der Waals surface area contributed by atoms with Gasteiger partial charge in [-0.1, -0.05) is 38.5 Å². The van der Waals surface area contributed by atoms with E-state index < -0.39 is 52.8 Å². The summed E-state index contributed by atoms with van der Waals surface area (Å²) in [4.78, 5) is 1.00. The molecule has 234 valence electrons. The monoisotopic (exact) mass is 616 g/mol. The van der Waals surface area contributed by atoms with Crippen LogP contribution in [0.2, 0.25) is 0 Å². The summed E-state index contributed by atoms with van der Waals surface area (Å²) in [7, 11) is 0. The molecule has 1 heterocycles. The summed E-state index contributed by atoms with van der Waals surface area (Å²) in [5, 5.41) is 23.7. The normalized spacial score (nSPS) is 39.5. The van der Waals surface area contributed by atoms with Crippen LogP contribution in [0.15, 0.2) is 40.3 Å². The molecule has 4 aliphatic carbocycles. The third kappa shape index (κ3) is 4.36. The highest BCUT2D eigenvalue weighted by molar-refractivity contribution is 7.98. The lowest BCUT2D eigenvalue weighted by atomic mass is 9.49. The van der Waals surface area contributed by atoms with Gasteiger partial charge in [-0.3, -0.25) is 0 Å². The second-order valence-corrected chi connectivity index (χ2v) is 15.3. The van der Waals surface area contributed by atoms with Crippen molar-refractivity contribution in [3.8, 4) is 0 Å². The largest absolute Gasteiger partial charge is 0.456 e. The first-order valence-electron chi connectivity index (χ1n) is 15.0. The van der Waals surface area contributed by atoms with Crippen LogP contribution in [-0.4, -0.2) is 58.8 Å². The van der Waals surface area contributed by atoms with Crippen molar-refractivity contribution >= 4 is 11.8 Å². The smallest absolute Gasteiger partial charge is 0.385 e. The van der Waals surface area contributed by atoms with Gasteiger partial charge < -0.3 is 19.7 Å². The Morgan fingerprint density at radius 3 is 2.14 bits per heavy atom. The molecule has 1 aromatic carbocycles. The van der Waals surface area contributed by atoms with E-state index in [9.17, 15) is 23.4 Å². The van der Waals surface area contributed by atoms with Crippen molar-refractivity contribution in [1.29, 1.82) is 0 Å². The summed E-state index contributed by atoms with van der Waals surface area (Å²) in [6.07, 6.45) is -2.47. The molecule has 4 unspecified atom stereocenters. The molecule has 0 bridgehead atoms. The van der Waals surface area contributed by atoms with Crippen molar-refractivity contribution < 1.29 is 41.6 Å². The highest BCUT2D eigenvalue weighted by Gasteiger charge is 2.79. The molecule has 42 heavy (non-hydrogen) atoms. The van der Waals surface area contributed by atoms with Crippen LogP contribution >= 0.6 is 11.8 Å². The molecule has 4 nitrogen and oxygen atoms in total. The third-order valence-corrected chi connectivity index (χ3v) is 12.2. The summed E-state index contributed by atoms with van der Waals surface area (Å²) >= 11 is 1.55. The maximum Gasteiger partial charge on any atom is 0.456 e. The SMILES string of the molecule is CSc1ccc([C@H]2CC3(C)C(CCC3(O)C(F)(F)C(F)(F)F)C3CC[C@@]4(O)CC5(CCC4=C32)OCC(C)(C)CO5)cc1. The Morgan fingerprint density at radius 2 is 1.55 bits per heavy atom. The quantitative estimate of drug-likeness (QED) is 0.208. The fraction of sp³-hybridized carbons (Fsp3) is 0.750. The molecule has 1 aliphatic heterocycles. The van der Waals surface area contributed by atoms with Crippen LogP contribution in [0.3, 0.4) is 0 Å². The summed E-state index contributed by atoms with van der Waals surface area (Å²) < 4.78 is 84.4. The minimum absolute atomic E-state index is 0.0593. The first-order chi connectivity index (χ1) is 19.4. The van der Waals surface area contributed by atoms with Crippen LogP contribution in [-0.2, 0) is 9.47 Å². The Hall–Kier alpha value is -1.20. The number of benzene rings is 1. The average molecular weight is 617 g/mol. The molecule has 0 radical (unpaired) electrons. The van der Waals surface area contributed by atoms with Gasteiger partial charge in [0.1, 0.15) is 5.60 Å². The van der Waals surface area contributed by atoms with Crippen LogP contribution in [0.1, 0.15) is 83.6 Å². The van der Waals surface area contributed by atoms with Crippen molar-refractivity contribution in [2.24, 2.45) is 22.7 Å². The fourth-order valence-corrected chi connectivity index (χ4v) is 9.55. The van der Waals surface area contributed by atoms with Gasteiger partial charge in [0, 0.05) is 34.5 Å². The van der Waals surface area contributed by atoms with Gasteiger partial charge in [0.05, 0.1) is 18.8 Å². The first-order valence-corrected chi connectivity index (χ1v) is 16.2. The molecule has 5 aliphatic rings. The van der Waals surface area contributed by atoms with E-state index in [-0.39, 0.29) is 30.6 Å². The van der Waals surface area contributed by atoms with Crippen LogP contribution in [0.5, 0.6) is 0 Å². The number of alkyl halides is 5. The van der Waals surface area contributed by atoms with Gasteiger partial charge in [-0.25, -0.2) is 0 Å². The van der Waals surface area contributed by atoms with Crippen molar-refractivity contribution in [3.05, 3.63) is 41.0 Å². The van der Waals surface area contributed by atoms with E-state index in [1.54, 1.807) is 11.8 Å². The fourth-order valence-electron chi connectivity index (χ4n) is 9.14. The van der Waals surface area contributed by atoms with E-state index >= 15 is 8.78 Å². The Kier molecular flexibility index (Phi) is 7.08. The predicted octanol–water partition coefficient (Wildman–Crippen LogP) is 7.63. The lowest BCUT2D eigenvalue weighted by molar-refractivity contribution is -0.362. The van der Waals surface area contributed by atoms with Gasteiger partial charge in [-0.2, -0.15) is 22.0 Å². The van der Waals surface area contributed by atoms with Crippen LogP contribution in [0.25, 0.3) is 0 Å². The maximum atomic E-state index is 15.2. The second kappa shape index (κ2) is 9.65. The minimum atomic E-state index is -5.87. The van der Waals surface area contributed by atoms with Gasteiger partial charge in [-0.15, -0.1) is 11.8 Å². The van der Waals surface area contributed by atoms with E-state index in [1.165, 1.54) is 6.92 Å². The first kappa shape index (κ1) is 30.8. The number of hydrogen-bond acceptors (Lipinski definition) is 5. The molecule has 2 N–H and O–H groups in total. The van der Waals surface area contributed by atoms with Crippen molar-refractivity contribution in [2.75, 3.05) is 19.5 Å². The number of thioether (sulfide) groups is 1. The Morgan fingerprint density at radius 1 is 0.905 bits per heavy atom. The van der Waals surface area contributed by atoms with Gasteiger partial charge in [0.25, 0.3) is 0 Å². The molecule has 3 saturated carbocycles. The van der Waals surface area contributed by atoms with Gasteiger partial charge in [0.2, 0.25) is 0 Å². The van der Waals surface area contributed by atoms with Crippen LogP contribution < -0.4 is 0 Å². The topological polar surface area (TPSA) is 58.9 Å². The van der Waals surface area contributed by atoms with Crippen LogP contribution in [0.4, 0.5) is 22.0 Å². The molecule has 4 fully saturated rings. The molecule has 1 spiro atoms. The predicted molar refractivity (Wildman–Crippen MR) is 149 cm³/mol. The van der Waals surface area contributed by atoms with Crippen molar-refractivity contribution in [2.45, 2.75) is 112 Å². The summed E-state index contributed by atoms with van der Waals surface area (Å²) in [6, 6.07) is 7.68. The number of halogens is 5. The lowest BCUT2D eigenvalue weighted by Crippen LogP contribution is -2.65. The number of hydrogen-bond donors (Lipinski definition) is 2. The summed E-state index contributed by atoms with van der Waals surface area (Å²) in [6.45, 7) is 6.58. The molecule has 6 rings (SSSR count). The molecule has 1 saturated heterocycles. The van der Waals surface area contributed by atoms with Gasteiger partial charge >= 0.3 is 12.1 Å². The minimum Gasteiger partial charge on any atom is -0.385 e. The van der Waals surface area contributed by atoms with E-state index in [0.29, 0.717) is 38.9 Å². The Labute approximate surface area is 248 Å². The number of allylic oxidation sites excluding steroid dienone is 1. The molecule has 0 amide bonds. The lowest BCUT2D eigenvalue weighted by Gasteiger charge is -2.59. The summed E-state index contributed by atoms with van der Waals surface area (Å²) in [5.41, 5.74) is -3.63. The second-order valence-electron chi connectivity index (χ2n) is 14.5. The van der Waals surface area contributed by atoms with Crippen molar-refractivity contribution in [3.63, 3.8) is 0 Å². The van der Waals surface area contributed by atoms with Gasteiger partial charge in [-0.05, 0) is 79.9 Å². The van der Waals surface area contributed by atoms with Gasteiger partial charge in [0.15, 0.2) is 5.79 Å². The third-order valence-electron chi connectivity index (χ3n) is 11.4. The Bertz CT molecular complexity index is 1250. The van der Waals surface area contributed by atoms with E-state index in [1.807, 2.05) is 30.5 Å². The number of fused-ring (bicyclic) bond motifs is 4. The van der Waals surface area contributed by atoms with Crippen molar-refractivity contribution in [1.82, 2.24) is 0 Å². The zero-order chi connectivity index (χ0) is 30.6. The number of rotatable bonds is 3. The Balaban J connectivity index is 1.45. The van der Waals surface area contributed by atoms with Crippen LogP contribution in [0, 0.1) is 22.7 Å². The molecular weight excluding hydrogens is 575 g/mol. The zero-order valence-electron chi connectivity index (χ0n) is 24.6. The van der Waals surface area contributed by atoms with E-state index in [2.05, 4.69) is 13.8 Å². The number of ether oxygens (including phenoxy) is 2.